The van der Waals surface area contributed by atoms with E-state index in [0.29, 0.717) is 17.8 Å². The lowest BCUT2D eigenvalue weighted by molar-refractivity contribution is -0.137. The van der Waals surface area contributed by atoms with Crippen LogP contribution in [0.5, 0.6) is 0 Å². The van der Waals surface area contributed by atoms with Gasteiger partial charge < -0.3 is 20.1 Å². The Balaban J connectivity index is 1.21. The van der Waals surface area contributed by atoms with Crippen molar-refractivity contribution < 1.29 is 18.0 Å². The van der Waals surface area contributed by atoms with Crippen molar-refractivity contribution in [2.24, 2.45) is 9.98 Å². The molecule has 1 saturated heterocycles. The van der Waals surface area contributed by atoms with E-state index in [9.17, 15) is 18.0 Å². The van der Waals surface area contributed by atoms with Gasteiger partial charge in [0.1, 0.15) is 0 Å². The first-order valence-electron chi connectivity index (χ1n) is 14.1. The van der Waals surface area contributed by atoms with Crippen LogP contribution in [0.1, 0.15) is 32.7 Å². The van der Waals surface area contributed by atoms with Gasteiger partial charge >= 0.3 is 6.18 Å². The number of hydrogen-bond acceptors (Lipinski definition) is 4. The number of hydrogen-bond donors (Lipinski definition) is 2. The number of halogens is 3. The van der Waals surface area contributed by atoms with E-state index in [2.05, 4.69) is 44.3 Å². The van der Waals surface area contributed by atoms with E-state index < -0.39 is 17.6 Å². The summed E-state index contributed by atoms with van der Waals surface area (Å²) in [6.45, 7) is 5.94. The van der Waals surface area contributed by atoms with Gasteiger partial charge in [0.2, 0.25) is 0 Å². The first-order valence-corrected chi connectivity index (χ1v) is 14.1. The third-order valence-electron chi connectivity index (χ3n) is 7.94. The van der Waals surface area contributed by atoms with Gasteiger partial charge in [-0.15, -0.1) is 0 Å². The molecule has 1 aromatic heterocycles. The molecule has 2 N–H and O–H groups in total. The van der Waals surface area contributed by atoms with Gasteiger partial charge in [0.25, 0.3) is 5.91 Å². The molecule has 2 aliphatic rings. The van der Waals surface area contributed by atoms with E-state index in [0.717, 1.165) is 72.1 Å². The fourth-order valence-electron chi connectivity index (χ4n) is 5.42. The number of carbonyl (C=O) groups is 1. The molecule has 0 aliphatic carbocycles. The molecule has 0 spiro atoms. The first-order chi connectivity index (χ1) is 20.7. The number of piperazine rings is 1. The number of aromatic nitrogens is 1. The van der Waals surface area contributed by atoms with Crippen LogP contribution in [-0.2, 0) is 12.6 Å². The van der Waals surface area contributed by atoms with Gasteiger partial charge in [0.15, 0.2) is 5.84 Å². The summed E-state index contributed by atoms with van der Waals surface area (Å²) in [5, 5.41) is 2.71. The van der Waals surface area contributed by atoms with E-state index in [-0.39, 0.29) is 5.69 Å². The molecule has 0 atom stereocenters. The van der Waals surface area contributed by atoms with Crippen LogP contribution < -0.4 is 10.2 Å². The summed E-state index contributed by atoms with van der Waals surface area (Å²) in [5.41, 5.74) is 6.24. The quantitative estimate of drug-likeness (QED) is 0.274. The Morgan fingerprint density at radius 3 is 2.37 bits per heavy atom. The summed E-state index contributed by atoms with van der Waals surface area (Å²) < 4.78 is 38.7. The summed E-state index contributed by atoms with van der Waals surface area (Å²) in [5.74, 6) is 0.214. The minimum atomic E-state index is -4.44. The number of fused-ring (bicyclic) bond motifs is 1. The van der Waals surface area contributed by atoms with Crippen molar-refractivity contribution in [3.63, 3.8) is 0 Å². The molecular weight excluding hydrogens is 553 g/mol. The number of aromatic amines is 1. The third-order valence-corrected chi connectivity index (χ3v) is 7.94. The number of H-pyrrole nitrogens is 1. The molecule has 0 saturated carbocycles. The number of aliphatic imine (C=N–C) groups is 2. The lowest BCUT2D eigenvalue weighted by Crippen LogP contribution is -2.44. The Hall–Kier alpha value is -4.70. The summed E-state index contributed by atoms with van der Waals surface area (Å²) in [4.78, 5) is 30.7. The molecule has 6 rings (SSSR count). The normalized spacial score (nSPS) is 16.4. The van der Waals surface area contributed by atoms with Crippen LogP contribution in [-0.4, -0.2) is 61.1 Å². The number of anilines is 2. The van der Waals surface area contributed by atoms with Gasteiger partial charge in [-0.3, -0.25) is 4.79 Å². The molecule has 1 fully saturated rings. The monoisotopic (exact) mass is 584 g/mol. The molecule has 43 heavy (non-hydrogen) atoms. The van der Waals surface area contributed by atoms with Crippen LogP contribution in [0.3, 0.4) is 0 Å². The van der Waals surface area contributed by atoms with Crippen LogP contribution in [0.15, 0.2) is 82.8 Å². The molecule has 0 unspecified atom stereocenters. The Morgan fingerprint density at radius 1 is 0.953 bits per heavy atom. The zero-order valence-electron chi connectivity index (χ0n) is 23.9. The molecule has 3 heterocycles. The molecule has 7 nitrogen and oxygen atoms in total. The van der Waals surface area contributed by atoms with E-state index in [1.807, 2.05) is 37.4 Å². The molecule has 10 heteroatoms. The third kappa shape index (κ3) is 6.10. The highest BCUT2D eigenvalue weighted by atomic mass is 19.4. The summed E-state index contributed by atoms with van der Waals surface area (Å²) in [7, 11) is 2.14. The fraction of sp³-hybridized carbons (Fsp3) is 0.242. The fourth-order valence-corrected chi connectivity index (χ4v) is 5.42. The van der Waals surface area contributed by atoms with Crippen LogP contribution in [0, 0.1) is 6.92 Å². The van der Waals surface area contributed by atoms with Gasteiger partial charge in [-0.1, -0.05) is 12.1 Å². The number of amidine groups is 1. The average molecular weight is 585 g/mol. The molecule has 0 bridgehead atoms. The van der Waals surface area contributed by atoms with Crippen LogP contribution in [0.25, 0.3) is 11.3 Å². The lowest BCUT2D eigenvalue weighted by Gasteiger charge is -2.34. The second-order valence-electron chi connectivity index (χ2n) is 10.8. The number of nitrogens with zero attached hydrogens (tertiary/aromatic N) is 4. The number of amides is 1. The van der Waals surface area contributed by atoms with Gasteiger partial charge in [0.05, 0.1) is 11.3 Å². The van der Waals surface area contributed by atoms with Crippen LogP contribution >= 0.6 is 0 Å². The number of rotatable bonds is 5. The van der Waals surface area contributed by atoms with E-state index in [4.69, 9.17) is 4.99 Å². The second kappa shape index (κ2) is 11.5. The minimum Gasteiger partial charge on any atom is -0.369 e. The molecule has 2 aliphatic heterocycles. The van der Waals surface area contributed by atoms with Crippen molar-refractivity contribution in [1.29, 1.82) is 0 Å². The maximum atomic E-state index is 13.1. The van der Waals surface area contributed by atoms with E-state index >= 15 is 0 Å². The maximum absolute atomic E-state index is 13.1. The maximum Gasteiger partial charge on any atom is 0.416 e. The molecule has 0 radical (unpaired) electrons. The topological polar surface area (TPSA) is 76.1 Å². The predicted octanol–water partition coefficient (Wildman–Crippen LogP) is 6.72. The van der Waals surface area contributed by atoms with Gasteiger partial charge in [-0.25, -0.2) is 9.98 Å². The van der Waals surface area contributed by atoms with Crippen molar-refractivity contribution in [1.82, 2.24) is 9.88 Å². The lowest BCUT2D eigenvalue weighted by atomic mass is 9.99. The Kier molecular flexibility index (Phi) is 7.62. The number of alkyl halides is 3. The molecule has 3 aromatic carbocycles. The molecular formula is C33H31F3N6O. The van der Waals surface area contributed by atoms with Gasteiger partial charge in [-0.2, -0.15) is 13.2 Å². The van der Waals surface area contributed by atoms with Crippen molar-refractivity contribution in [3.8, 4) is 11.3 Å². The smallest absolute Gasteiger partial charge is 0.369 e. The zero-order valence-corrected chi connectivity index (χ0v) is 23.9. The molecule has 220 valence electrons. The summed E-state index contributed by atoms with van der Waals surface area (Å²) in [6.07, 6.45) is -1.97. The SMILES string of the molecule is Cc1c(C(=O)Nc2ccc(C(F)(F)F)cc2)cccc1-c1cc2c([nH]1)CC=NC2=Nc1ccc(N2CCN(C)CC2)cc1. The highest BCUT2D eigenvalue weighted by Gasteiger charge is 2.30. The average Bonchev–Trinajstić information content (AvgIpc) is 3.43. The Labute approximate surface area is 247 Å². The zero-order chi connectivity index (χ0) is 30.1. The van der Waals surface area contributed by atoms with Crippen molar-refractivity contribution >= 4 is 35.0 Å². The Bertz CT molecular complexity index is 1700. The van der Waals surface area contributed by atoms with E-state index in [1.54, 1.807) is 12.1 Å². The van der Waals surface area contributed by atoms with E-state index in [1.165, 1.54) is 17.8 Å². The highest BCUT2D eigenvalue weighted by Crippen LogP contribution is 2.32. The van der Waals surface area contributed by atoms with Crippen molar-refractivity contribution in [2.75, 3.05) is 43.4 Å². The minimum absolute atomic E-state index is 0.285. The molecule has 1 amide bonds. The Morgan fingerprint density at radius 2 is 1.67 bits per heavy atom. The standard InChI is InChI=1S/C33H31F3N6O/c1-21-26(4-3-5-27(21)32(43)39-24-8-6-22(7-9-24)33(34,35)36)30-20-28-29(40-30)14-15-37-31(28)38-23-10-12-25(13-11-23)42-18-16-41(2)17-19-42/h3-13,15,20,40H,14,16-19H2,1-2H3,(H,39,43). The van der Waals surface area contributed by atoms with Crippen molar-refractivity contribution in [2.45, 2.75) is 19.5 Å². The summed E-state index contributed by atoms with van der Waals surface area (Å²) >= 11 is 0. The van der Waals surface area contributed by atoms with Crippen LogP contribution in [0.2, 0.25) is 0 Å². The van der Waals surface area contributed by atoms with Crippen LogP contribution in [0.4, 0.5) is 30.2 Å². The number of benzene rings is 3. The first kappa shape index (κ1) is 28.4. The number of nitrogens with one attached hydrogen (secondary N) is 2. The van der Waals surface area contributed by atoms with Gasteiger partial charge in [0, 0.05) is 78.3 Å². The second-order valence-corrected chi connectivity index (χ2v) is 10.8. The number of likely N-dealkylation sites (N-methyl/N-ethyl adjacent to an activating group) is 1. The summed E-state index contributed by atoms with van der Waals surface area (Å²) in [6, 6.07) is 20.1. The highest BCUT2D eigenvalue weighted by molar-refractivity contribution is 6.09. The predicted molar refractivity (Wildman–Crippen MR) is 165 cm³/mol. The number of carbonyl (C=O) groups excluding carboxylic acids is 1. The van der Waals surface area contributed by atoms with Crippen molar-refractivity contribution in [3.05, 3.63) is 101 Å². The largest absolute Gasteiger partial charge is 0.416 e. The molecule has 4 aromatic rings. The van der Waals surface area contributed by atoms with Gasteiger partial charge in [-0.05, 0) is 80.2 Å².